The van der Waals surface area contributed by atoms with E-state index in [1.165, 1.54) is 6.08 Å². The number of hydrogen-bond acceptors (Lipinski definition) is 3. The molecular formula is C12H14O4. The number of carboxylic acids is 1. The molecule has 0 aliphatic rings. The van der Waals surface area contributed by atoms with Gasteiger partial charge in [-0.2, -0.15) is 0 Å². The molecule has 86 valence electrons. The zero-order valence-corrected chi connectivity index (χ0v) is 8.80. The van der Waals surface area contributed by atoms with E-state index in [1.807, 2.05) is 18.2 Å². The second-order valence-corrected chi connectivity index (χ2v) is 3.13. The summed E-state index contributed by atoms with van der Waals surface area (Å²) in [6.07, 6.45) is 2.99. The molecule has 0 aliphatic heterocycles. The lowest BCUT2D eigenvalue weighted by molar-refractivity contribution is -0.131. The first-order valence-corrected chi connectivity index (χ1v) is 4.95. The third kappa shape index (κ3) is 4.14. The van der Waals surface area contributed by atoms with Crippen LogP contribution in [0.5, 0.6) is 5.75 Å². The minimum absolute atomic E-state index is 0.0609. The van der Waals surface area contributed by atoms with E-state index in [0.29, 0.717) is 12.2 Å². The molecule has 0 unspecified atom stereocenters. The van der Waals surface area contributed by atoms with Gasteiger partial charge in [0.25, 0.3) is 0 Å². The number of hydrogen-bond donors (Lipinski definition) is 2. The van der Waals surface area contributed by atoms with Crippen LogP contribution in [0.25, 0.3) is 0 Å². The van der Waals surface area contributed by atoms with E-state index >= 15 is 0 Å². The zero-order valence-electron chi connectivity index (χ0n) is 8.80. The standard InChI is InChI=1S/C12H14O4/c13-8-7-10-4-1-2-5-11(10)16-9-3-6-12(14)15/h1-6,13H,7-9H2,(H,14,15)/b6-3+. The predicted molar refractivity (Wildman–Crippen MR) is 59.5 cm³/mol. The number of aliphatic hydroxyl groups excluding tert-OH is 1. The topological polar surface area (TPSA) is 66.8 Å². The molecule has 0 saturated carbocycles. The van der Waals surface area contributed by atoms with Crippen molar-refractivity contribution in [1.82, 2.24) is 0 Å². The van der Waals surface area contributed by atoms with Crippen molar-refractivity contribution < 1.29 is 19.7 Å². The number of carbonyl (C=O) groups is 1. The van der Waals surface area contributed by atoms with Gasteiger partial charge in [0.05, 0.1) is 0 Å². The summed E-state index contributed by atoms with van der Waals surface area (Å²) >= 11 is 0. The van der Waals surface area contributed by atoms with E-state index in [0.717, 1.165) is 11.6 Å². The van der Waals surface area contributed by atoms with Crippen molar-refractivity contribution in [1.29, 1.82) is 0 Å². The van der Waals surface area contributed by atoms with Crippen molar-refractivity contribution in [2.24, 2.45) is 0 Å². The normalized spacial score (nSPS) is 10.6. The van der Waals surface area contributed by atoms with Gasteiger partial charge in [0.1, 0.15) is 12.4 Å². The van der Waals surface area contributed by atoms with E-state index in [2.05, 4.69) is 0 Å². The summed E-state index contributed by atoms with van der Waals surface area (Å²) in [4.78, 5) is 10.2. The first kappa shape index (κ1) is 12.3. The van der Waals surface area contributed by atoms with Crippen LogP contribution in [-0.2, 0) is 11.2 Å². The minimum atomic E-state index is -0.993. The van der Waals surface area contributed by atoms with Gasteiger partial charge in [-0.1, -0.05) is 18.2 Å². The molecule has 0 aliphatic carbocycles. The van der Waals surface area contributed by atoms with Gasteiger partial charge < -0.3 is 14.9 Å². The highest BCUT2D eigenvalue weighted by Gasteiger charge is 2.00. The Bertz CT molecular complexity index is 371. The van der Waals surface area contributed by atoms with Gasteiger partial charge in [-0.25, -0.2) is 4.79 Å². The third-order valence-electron chi connectivity index (χ3n) is 1.95. The molecule has 1 aromatic carbocycles. The Kier molecular flexibility index (Phi) is 5.08. The first-order chi connectivity index (χ1) is 7.74. The van der Waals surface area contributed by atoms with Gasteiger partial charge in [-0.15, -0.1) is 0 Å². The Labute approximate surface area is 93.8 Å². The predicted octanol–water partition coefficient (Wildman–Crippen LogP) is 1.24. The molecule has 0 saturated heterocycles. The summed E-state index contributed by atoms with van der Waals surface area (Å²) < 4.78 is 5.38. The number of ether oxygens (including phenoxy) is 1. The second-order valence-electron chi connectivity index (χ2n) is 3.13. The lowest BCUT2D eigenvalue weighted by Gasteiger charge is -2.08. The number of aliphatic hydroxyl groups is 1. The summed E-state index contributed by atoms with van der Waals surface area (Å²) in [6, 6.07) is 7.36. The zero-order chi connectivity index (χ0) is 11.8. The van der Waals surface area contributed by atoms with Gasteiger partial charge in [0.2, 0.25) is 0 Å². The Morgan fingerprint density at radius 2 is 2.12 bits per heavy atom. The van der Waals surface area contributed by atoms with E-state index in [1.54, 1.807) is 6.07 Å². The van der Waals surface area contributed by atoms with Gasteiger partial charge in [-0.3, -0.25) is 0 Å². The fourth-order valence-electron chi connectivity index (χ4n) is 1.26. The molecule has 4 nitrogen and oxygen atoms in total. The van der Waals surface area contributed by atoms with E-state index in [9.17, 15) is 4.79 Å². The van der Waals surface area contributed by atoms with Crippen LogP contribution in [0.1, 0.15) is 5.56 Å². The largest absolute Gasteiger partial charge is 0.489 e. The molecule has 0 fully saturated rings. The highest BCUT2D eigenvalue weighted by atomic mass is 16.5. The van der Waals surface area contributed by atoms with Crippen molar-refractivity contribution in [3.63, 3.8) is 0 Å². The molecule has 1 rings (SSSR count). The third-order valence-corrected chi connectivity index (χ3v) is 1.95. The van der Waals surface area contributed by atoms with Gasteiger partial charge in [0, 0.05) is 12.7 Å². The average molecular weight is 222 g/mol. The maximum atomic E-state index is 10.2. The van der Waals surface area contributed by atoms with Crippen LogP contribution >= 0.6 is 0 Å². The molecule has 4 heteroatoms. The fraction of sp³-hybridized carbons (Fsp3) is 0.250. The van der Waals surface area contributed by atoms with Crippen molar-refractivity contribution in [3.8, 4) is 5.75 Å². The number of carboxylic acid groups (broad SMARTS) is 1. The molecule has 0 atom stereocenters. The molecule has 0 spiro atoms. The van der Waals surface area contributed by atoms with Crippen LogP contribution in [0.3, 0.4) is 0 Å². The molecule has 0 radical (unpaired) electrons. The van der Waals surface area contributed by atoms with Gasteiger partial charge in [0.15, 0.2) is 0 Å². The van der Waals surface area contributed by atoms with E-state index in [4.69, 9.17) is 14.9 Å². The van der Waals surface area contributed by atoms with Crippen LogP contribution in [0.15, 0.2) is 36.4 Å². The van der Waals surface area contributed by atoms with Crippen molar-refractivity contribution >= 4 is 5.97 Å². The van der Waals surface area contributed by atoms with Crippen molar-refractivity contribution in [3.05, 3.63) is 42.0 Å². The molecule has 2 N–H and O–H groups in total. The smallest absolute Gasteiger partial charge is 0.328 e. The molecule has 0 amide bonds. The summed E-state index contributed by atoms with van der Waals surface area (Å²) in [5.41, 5.74) is 0.911. The lowest BCUT2D eigenvalue weighted by atomic mass is 10.1. The second kappa shape index (κ2) is 6.63. The monoisotopic (exact) mass is 222 g/mol. The summed E-state index contributed by atoms with van der Waals surface area (Å²) in [5, 5.41) is 17.2. The highest BCUT2D eigenvalue weighted by Crippen LogP contribution is 2.18. The van der Waals surface area contributed by atoms with Crippen molar-refractivity contribution in [2.75, 3.05) is 13.2 Å². The summed E-state index contributed by atoms with van der Waals surface area (Å²) in [6.45, 7) is 0.264. The maximum Gasteiger partial charge on any atom is 0.328 e. The molecule has 1 aromatic rings. The quantitative estimate of drug-likeness (QED) is 0.711. The van der Waals surface area contributed by atoms with Gasteiger partial charge >= 0.3 is 5.97 Å². The maximum absolute atomic E-state index is 10.2. The Morgan fingerprint density at radius 1 is 1.38 bits per heavy atom. The van der Waals surface area contributed by atoms with Crippen LogP contribution in [0.2, 0.25) is 0 Å². The summed E-state index contributed by atoms with van der Waals surface area (Å²) in [5.74, 6) is -0.321. The van der Waals surface area contributed by atoms with Crippen molar-refractivity contribution in [2.45, 2.75) is 6.42 Å². The Morgan fingerprint density at radius 3 is 2.81 bits per heavy atom. The Balaban J connectivity index is 2.55. The number of para-hydroxylation sites is 1. The van der Waals surface area contributed by atoms with Crippen LogP contribution in [0.4, 0.5) is 0 Å². The lowest BCUT2D eigenvalue weighted by Crippen LogP contribution is -2.00. The molecule has 16 heavy (non-hydrogen) atoms. The molecular weight excluding hydrogens is 208 g/mol. The van der Waals surface area contributed by atoms with Crippen LogP contribution in [-0.4, -0.2) is 29.4 Å². The number of benzene rings is 1. The van der Waals surface area contributed by atoms with E-state index < -0.39 is 5.97 Å². The summed E-state index contributed by atoms with van der Waals surface area (Å²) in [7, 11) is 0. The first-order valence-electron chi connectivity index (χ1n) is 4.95. The number of rotatable bonds is 6. The highest BCUT2D eigenvalue weighted by molar-refractivity contribution is 5.79. The fourth-order valence-corrected chi connectivity index (χ4v) is 1.26. The van der Waals surface area contributed by atoms with Gasteiger partial charge in [-0.05, 0) is 24.1 Å². The molecule has 0 aromatic heterocycles. The Hall–Kier alpha value is -1.81. The van der Waals surface area contributed by atoms with E-state index in [-0.39, 0.29) is 13.2 Å². The minimum Gasteiger partial charge on any atom is -0.489 e. The van der Waals surface area contributed by atoms with Crippen LogP contribution in [0, 0.1) is 0 Å². The molecule has 0 heterocycles. The number of aliphatic carboxylic acids is 1. The average Bonchev–Trinajstić information content (AvgIpc) is 2.26. The molecule has 0 bridgehead atoms. The SMILES string of the molecule is O=C(O)/C=C/COc1ccccc1CCO. The van der Waals surface area contributed by atoms with Crippen LogP contribution < -0.4 is 4.74 Å².